The molecule has 0 saturated carbocycles. The lowest BCUT2D eigenvalue weighted by Gasteiger charge is -2.19. The second kappa shape index (κ2) is 6.51. The van der Waals surface area contributed by atoms with E-state index in [2.05, 4.69) is 32.1 Å². The summed E-state index contributed by atoms with van der Waals surface area (Å²) in [5.74, 6) is 1.37. The van der Waals surface area contributed by atoms with E-state index in [0.717, 1.165) is 32.4 Å². The lowest BCUT2D eigenvalue weighted by Crippen LogP contribution is -2.25. The van der Waals surface area contributed by atoms with Crippen molar-refractivity contribution in [2.75, 3.05) is 35.6 Å². The Morgan fingerprint density at radius 1 is 1.32 bits per heavy atom. The molecular weight excluding hydrogens is 244 g/mol. The summed E-state index contributed by atoms with van der Waals surface area (Å²) in [4.78, 5) is 14.8. The van der Waals surface area contributed by atoms with Crippen LogP contribution in [0, 0.1) is 0 Å². The minimum absolute atomic E-state index is 0.144. The molecule has 1 aliphatic heterocycles. The van der Waals surface area contributed by atoms with Gasteiger partial charge in [-0.05, 0) is 25.7 Å². The van der Waals surface area contributed by atoms with Crippen LogP contribution in [0.1, 0.15) is 32.6 Å². The summed E-state index contributed by atoms with van der Waals surface area (Å²) in [5, 5.41) is 12.2. The van der Waals surface area contributed by atoms with Crippen LogP contribution < -0.4 is 16.0 Å². The molecule has 1 fully saturated rings. The predicted molar refractivity (Wildman–Crippen MR) is 75.1 cm³/mol. The summed E-state index contributed by atoms with van der Waals surface area (Å²) in [6, 6.07) is 0.151. The minimum Gasteiger partial charge on any atom is -0.396 e. The molecular formula is C12H22N6O. The van der Waals surface area contributed by atoms with Gasteiger partial charge in [0.2, 0.25) is 17.8 Å². The molecule has 1 atom stereocenters. The number of aliphatic hydroxyl groups is 1. The fourth-order valence-electron chi connectivity index (χ4n) is 2.22. The Balaban J connectivity index is 2.11. The van der Waals surface area contributed by atoms with E-state index < -0.39 is 0 Å². The number of nitrogen functional groups attached to an aromatic ring is 1. The highest BCUT2D eigenvalue weighted by Gasteiger charge is 2.17. The number of rotatable bonds is 6. The van der Waals surface area contributed by atoms with E-state index in [1.807, 2.05) is 0 Å². The highest BCUT2D eigenvalue weighted by molar-refractivity contribution is 5.42. The third-order valence-electron chi connectivity index (χ3n) is 3.33. The van der Waals surface area contributed by atoms with Gasteiger partial charge in [-0.1, -0.05) is 6.92 Å². The van der Waals surface area contributed by atoms with Crippen LogP contribution in [-0.4, -0.2) is 45.8 Å². The molecule has 0 radical (unpaired) electrons. The van der Waals surface area contributed by atoms with Crippen molar-refractivity contribution >= 4 is 17.8 Å². The molecule has 1 aromatic rings. The number of nitrogens with two attached hydrogens (primary N) is 1. The van der Waals surface area contributed by atoms with Gasteiger partial charge in [0.25, 0.3) is 0 Å². The van der Waals surface area contributed by atoms with Gasteiger partial charge < -0.3 is 21.1 Å². The summed E-state index contributed by atoms with van der Waals surface area (Å²) >= 11 is 0. The fourth-order valence-corrected chi connectivity index (χ4v) is 2.22. The zero-order valence-electron chi connectivity index (χ0n) is 11.3. The number of aliphatic hydroxyl groups excluding tert-OH is 1. The zero-order chi connectivity index (χ0) is 13.7. The first kappa shape index (κ1) is 13.8. The maximum atomic E-state index is 9.00. The van der Waals surface area contributed by atoms with Crippen LogP contribution in [0.2, 0.25) is 0 Å². The summed E-state index contributed by atoms with van der Waals surface area (Å²) in [6.45, 7) is 4.14. The van der Waals surface area contributed by atoms with Crippen LogP contribution >= 0.6 is 0 Å². The number of anilines is 3. The van der Waals surface area contributed by atoms with E-state index in [9.17, 15) is 0 Å². The van der Waals surface area contributed by atoms with Crippen molar-refractivity contribution < 1.29 is 5.11 Å². The molecule has 4 N–H and O–H groups in total. The van der Waals surface area contributed by atoms with Crippen molar-refractivity contribution in [1.29, 1.82) is 0 Å². The molecule has 7 heteroatoms. The van der Waals surface area contributed by atoms with Crippen LogP contribution in [0.4, 0.5) is 17.8 Å². The molecule has 1 unspecified atom stereocenters. The summed E-state index contributed by atoms with van der Waals surface area (Å²) in [6.07, 6.45) is 3.89. The molecule has 2 rings (SSSR count). The minimum atomic E-state index is 0.144. The van der Waals surface area contributed by atoms with Gasteiger partial charge in [0, 0.05) is 25.7 Å². The Hall–Kier alpha value is -1.63. The fraction of sp³-hybridized carbons (Fsp3) is 0.750. The van der Waals surface area contributed by atoms with Crippen molar-refractivity contribution in [3.05, 3.63) is 0 Å². The van der Waals surface area contributed by atoms with Gasteiger partial charge >= 0.3 is 0 Å². The highest BCUT2D eigenvalue weighted by atomic mass is 16.3. The molecule has 0 aromatic carbocycles. The Morgan fingerprint density at radius 3 is 2.68 bits per heavy atom. The molecule has 106 valence electrons. The molecule has 7 nitrogen and oxygen atoms in total. The van der Waals surface area contributed by atoms with Crippen LogP contribution in [0.25, 0.3) is 0 Å². The first-order chi connectivity index (χ1) is 9.22. The first-order valence-electron chi connectivity index (χ1n) is 6.86. The van der Waals surface area contributed by atoms with Gasteiger partial charge in [-0.3, -0.25) is 0 Å². The van der Waals surface area contributed by atoms with E-state index in [1.165, 1.54) is 0 Å². The smallest absolute Gasteiger partial charge is 0.231 e. The third-order valence-corrected chi connectivity index (χ3v) is 3.33. The lowest BCUT2D eigenvalue weighted by atomic mass is 10.2. The predicted octanol–water partition coefficient (Wildman–Crippen LogP) is 0.627. The largest absolute Gasteiger partial charge is 0.396 e. The topological polar surface area (TPSA) is 100 Å². The van der Waals surface area contributed by atoms with Gasteiger partial charge in [0.1, 0.15) is 0 Å². The van der Waals surface area contributed by atoms with Crippen LogP contribution in [0.5, 0.6) is 0 Å². The molecule has 19 heavy (non-hydrogen) atoms. The second-order valence-corrected chi connectivity index (χ2v) is 4.77. The lowest BCUT2D eigenvalue weighted by molar-refractivity contribution is 0.278. The maximum Gasteiger partial charge on any atom is 0.231 e. The van der Waals surface area contributed by atoms with E-state index in [0.29, 0.717) is 18.3 Å². The Morgan fingerprint density at radius 2 is 2.05 bits per heavy atom. The summed E-state index contributed by atoms with van der Waals surface area (Å²) in [7, 11) is 0. The zero-order valence-corrected chi connectivity index (χ0v) is 11.3. The number of aromatic nitrogens is 3. The number of hydrogen-bond acceptors (Lipinski definition) is 7. The molecule has 0 amide bonds. The first-order valence-corrected chi connectivity index (χ1v) is 6.86. The molecule has 1 saturated heterocycles. The number of nitrogens with one attached hydrogen (secondary N) is 1. The van der Waals surface area contributed by atoms with Crippen molar-refractivity contribution in [3.63, 3.8) is 0 Å². The van der Waals surface area contributed by atoms with Crippen LogP contribution in [0.15, 0.2) is 0 Å². The Kier molecular flexibility index (Phi) is 4.73. The molecule has 1 aromatic heterocycles. The average molecular weight is 266 g/mol. The van der Waals surface area contributed by atoms with Crippen LogP contribution in [-0.2, 0) is 0 Å². The quantitative estimate of drug-likeness (QED) is 0.694. The molecule has 0 spiro atoms. The van der Waals surface area contributed by atoms with Gasteiger partial charge in [-0.2, -0.15) is 15.0 Å². The third kappa shape index (κ3) is 3.66. The molecule has 1 aliphatic rings. The summed E-state index contributed by atoms with van der Waals surface area (Å²) < 4.78 is 0. The number of nitrogens with zero attached hydrogens (tertiary/aromatic N) is 4. The van der Waals surface area contributed by atoms with E-state index in [-0.39, 0.29) is 18.6 Å². The normalized spacial score (nSPS) is 16.6. The van der Waals surface area contributed by atoms with Gasteiger partial charge in [-0.25, -0.2) is 0 Å². The van der Waals surface area contributed by atoms with E-state index >= 15 is 0 Å². The molecule has 0 bridgehead atoms. The van der Waals surface area contributed by atoms with Crippen molar-refractivity contribution in [3.8, 4) is 0 Å². The van der Waals surface area contributed by atoms with Crippen LogP contribution in [0.3, 0.4) is 0 Å². The number of hydrogen-bond donors (Lipinski definition) is 3. The van der Waals surface area contributed by atoms with Gasteiger partial charge in [0.15, 0.2) is 0 Å². The van der Waals surface area contributed by atoms with Crippen molar-refractivity contribution in [2.45, 2.75) is 38.6 Å². The van der Waals surface area contributed by atoms with Crippen molar-refractivity contribution in [1.82, 2.24) is 15.0 Å². The maximum absolute atomic E-state index is 9.00. The van der Waals surface area contributed by atoms with E-state index in [4.69, 9.17) is 10.8 Å². The second-order valence-electron chi connectivity index (χ2n) is 4.77. The molecule has 2 heterocycles. The SMILES string of the molecule is CCC(CCO)Nc1nc(N)nc(N2CCCC2)n1. The standard InChI is InChI=1S/C12H22N6O/c1-2-9(5-8-19)14-11-15-10(13)16-12(17-11)18-6-3-4-7-18/h9,19H,2-8H2,1H3,(H3,13,14,15,16,17). The van der Waals surface area contributed by atoms with Gasteiger partial charge in [0.05, 0.1) is 0 Å². The van der Waals surface area contributed by atoms with E-state index in [1.54, 1.807) is 0 Å². The summed E-state index contributed by atoms with van der Waals surface area (Å²) in [5.41, 5.74) is 5.74. The van der Waals surface area contributed by atoms with Crippen molar-refractivity contribution in [2.24, 2.45) is 0 Å². The molecule has 0 aliphatic carbocycles. The highest BCUT2D eigenvalue weighted by Crippen LogP contribution is 2.18. The Labute approximate surface area is 113 Å². The average Bonchev–Trinajstić information content (AvgIpc) is 2.91. The van der Waals surface area contributed by atoms with Gasteiger partial charge in [-0.15, -0.1) is 0 Å². The monoisotopic (exact) mass is 266 g/mol. The Bertz CT molecular complexity index is 407.